The van der Waals surface area contributed by atoms with Gasteiger partial charge in [0.05, 0.1) is 21.3 Å². The smallest absolute Gasteiger partial charge is 0.312 e. The van der Waals surface area contributed by atoms with Gasteiger partial charge in [-0.1, -0.05) is 0 Å². The van der Waals surface area contributed by atoms with Crippen LogP contribution in [0.1, 0.15) is 22.4 Å². The SMILES string of the molecule is COCc1cc(C)nc(OCC(=O)NN=Cc2cc(I)c(O)c([N+](=O)[O-])c2)c1C#N. The van der Waals surface area contributed by atoms with E-state index in [-0.39, 0.29) is 21.6 Å². The predicted molar refractivity (Wildman–Crippen MR) is 113 cm³/mol. The molecule has 156 valence electrons. The van der Waals surface area contributed by atoms with E-state index in [2.05, 4.69) is 15.5 Å². The van der Waals surface area contributed by atoms with Gasteiger partial charge in [0.2, 0.25) is 11.6 Å². The molecule has 1 aromatic carbocycles. The maximum Gasteiger partial charge on any atom is 0.312 e. The van der Waals surface area contributed by atoms with Crippen LogP contribution in [0.4, 0.5) is 5.69 Å². The summed E-state index contributed by atoms with van der Waals surface area (Å²) in [7, 11) is 1.49. The van der Waals surface area contributed by atoms with Gasteiger partial charge in [0, 0.05) is 30.0 Å². The number of ether oxygens (including phenoxy) is 2. The lowest BCUT2D eigenvalue weighted by Crippen LogP contribution is -2.25. The molecule has 2 rings (SSSR count). The number of nitro groups is 1. The number of aromatic hydroxyl groups is 1. The summed E-state index contributed by atoms with van der Waals surface area (Å²) in [6.45, 7) is 1.45. The Bertz CT molecular complexity index is 1050. The number of methoxy groups -OCH3 is 1. The number of nitrogens with zero attached hydrogens (tertiary/aromatic N) is 4. The van der Waals surface area contributed by atoms with E-state index in [0.717, 1.165) is 6.07 Å². The lowest BCUT2D eigenvalue weighted by atomic mass is 10.1. The third-order valence-corrected chi connectivity index (χ3v) is 4.44. The second-order valence-corrected chi connectivity index (χ2v) is 7.02. The zero-order chi connectivity index (χ0) is 22.3. The van der Waals surface area contributed by atoms with Gasteiger partial charge in [-0.05, 0) is 41.6 Å². The Labute approximate surface area is 184 Å². The lowest BCUT2D eigenvalue weighted by molar-refractivity contribution is -0.386. The Morgan fingerprint density at radius 3 is 2.87 bits per heavy atom. The summed E-state index contributed by atoms with van der Waals surface area (Å²) >= 11 is 1.75. The summed E-state index contributed by atoms with van der Waals surface area (Å²) in [5.41, 5.74) is 3.40. The van der Waals surface area contributed by atoms with Crippen molar-refractivity contribution in [1.29, 1.82) is 5.26 Å². The number of hydrazone groups is 1. The quantitative estimate of drug-likeness (QED) is 0.230. The van der Waals surface area contributed by atoms with Crippen LogP contribution in [-0.2, 0) is 16.1 Å². The number of halogens is 1. The molecule has 2 aromatic rings. The molecule has 12 heteroatoms. The van der Waals surface area contributed by atoms with Crippen molar-refractivity contribution < 1.29 is 24.3 Å². The van der Waals surface area contributed by atoms with Gasteiger partial charge < -0.3 is 14.6 Å². The van der Waals surface area contributed by atoms with E-state index in [9.17, 15) is 25.3 Å². The summed E-state index contributed by atoms with van der Waals surface area (Å²) in [5, 5.41) is 33.7. The Hall–Kier alpha value is -3.31. The van der Waals surface area contributed by atoms with Crippen LogP contribution in [0.5, 0.6) is 11.6 Å². The molecule has 0 spiro atoms. The van der Waals surface area contributed by atoms with Crippen molar-refractivity contribution in [2.24, 2.45) is 5.10 Å². The van der Waals surface area contributed by atoms with Gasteiger partial charge >= 0.3 is 5.69 Å². The molecular formula is C18H16IN5O6. The lowest BCUT2D eigenvalue weighted by Gasteiger charge is -2.10. The highest BCUT2D eigenvalue weighted by Crippen LogP contribution is 2.31. The molecule has 0 radical (unpaired) electrons. The van der Waals surface area contributed by atoms with Crippen molar-refractivity contribution in [2.45, 2.75) is 13.5 Å². The first-order chi connectivity index (χ1) is 14.3. The first kappa shape index (κ1) is 23.0. The molecule has 1 aromatic heterocycles. The Morgan fingerprint density at radius 2 is 2.23 bits per heavy atom. The number of amides is 1. The average molecular weight is 525 g/mol. The monoisotopic (exact) mass is 525 g/mol. The van der Waals surface area contributed by atoms with E-state index in [1.807, 2.05) is 6.07 Å². The first-order valence-electron chi connectivity index (χ1n) is 8.28. The second-order valence-electron chi connectivity index (χ2n) is 5.86. The number of carbonyl (C=O) groups is 1. The van der Waals surface area contributed by atoms with E-state index in [1.165, 1.54) is 19.4 Å². The molecule has 0 aliphatic heterocycles. The number of aryl methyl sites for hydroxylation is 1. The number of phenolic OH excluding ortho intramolecular Hbond substituents is 1. The van der Waals surface area contributed by atoms with Gasteiger partial charge in [-0.3, -0.25) is 14.9 Å². The number of nitrogens with one attached hydrogen (secondary N) is 1. The Kier molecular flexibility index (Phi) is 8.01. The molecule has 0 saturated heterocycles. The minimum absolute atomic E-state index is 0.00685. The molecule has 0 aliphatic carbocycles. The molecule has 0 unspecified atom stereocenters. The molecule has 0 aliphatic rings. The fourth-order valence-corrected chi connectivity index (χ4v) is 3.00. The van der Waals surface area contributed by atoms with Crippen molar-refractivity contribution in [3.05, 3.63) is 54.3 Å². The number of phenols is 1. The maximum atomic E-state index is 12.0. The molecule has 2 N–H and O–H groups in total. The average Bonchev–Trinajstić information content (AvgIpc) is 2.68. The topological polar surface area (TPSA) is 160 Å². The Balaban J connectivity index is 2.05. The number of nitriles is 1. The number of aromatic nitrogens is 1. The standard InChI is InChI=1S/C18H16IN5O6/c1-10-3-12(8-29-2)13(6-20)18(22-10)30-9-16(25)23-21-7-11-4-14(19)17(26)15(5-11)24(27)28/h3-5,7,26H,8-9H2,1-2H3,(H,23,25). The van der Waals surface area contributed by atoms with Crippen LogP contribution >= 0.6 is 22.6 Å². The van der Waals surface area contributed by atoms with Crippen molar-refractivity contribution in [3.8, 4) is 17.7 Å². The van der Waals surface area contributed by atoms with E-state index in [4.69, 9.17) is 9.47 Å². The maximum absolute atomic E-state index is 12.0. The highest BCUT2D eigenvalue weighted by Gasteiger charge is 2.17. The molecule has 0 bridgehead atoms. The van der Waals surface area contributed by atoms with Crippen LogP contribution in [0.2, 0.25) is 0 Å². The van der Waals surface area contributed by atoms with Crippen LogP contribution in [0.3, 0.4) is 0 Å². The molecule has 1 amide bonds. The molecule has 0 atom stereocenters. The van der Waals surface area contributed by atoms with Gasteiger partial charge in [0.15, 0.2) is 6.61 Å². The minimum atomic E-state index is -0.722. The molecular weight excluding hydrogens is 509 g/mol. The van der Waals surface area contributed by atoms with E-state index in [0.29, 0.717) is 16.8 Å². The number of hydrogen-bond donors (Lipinski definition) is 2. The fourth-order valence-electron chi connectivity index (χ4n) is 2.37. The van der Waals surface area contributed by atoms with Gasteiger partial charge in [0.25, 0.3) is 5.91 Å². The highest BCUT2D eigenvalue weighted by molar-refractivity contribution is 14.1. The summed E-state index contributed by atoms with van der Waals surface area (Å²) < 4.78 is 10.7. The summed E-state index contributed by atoms with van der Waals surface area (Å²) in [5.74, 6) is -1.07. The van der Waals surface area contributed by atoms with Crippen LogP contribution < -0.4 is 10.2 Å². The number of nitro benzene ring substituents is 1. The van der Waals surface area contributed by atoms with E-state index in [1.54, 1.807) is 35.6 Å². The summed E-state index contributed by atoms with van der Waals surface area (Å²) in [6.07, 6.45) is 1.19. The van der Waals surface area contributed by atoms with Gasteiger partial charge in [-0.2, -0.15) is 10.4 Å². The number of carbonyl (C=O) groups excluding carboxylic acids is 1. The minimum Gasteiger partial charge on any atom is -0.501 e. The second kappa shape index (κ2) is 10.5. The predicted octanol–water partition coefficient (Wildman–Crippen LogP) is 2.16. The van der Waals surface area contributed by atoms with Crippen LogP contribution in [0.25, 0.3) is 0 Å². The van der Waals surface area contributed by atoms with Crippen LogP contribution in [0, 0.1) is 31.9 Å². The van der Waals surface area contributed by atoms with Crippen molar-refractivity contribution in [2.75, 3.05) is 13.7 Å². The van der Waals surface area contributed by atoms with Crippen molar-refractivity contribution in [3.63, 3.8) is 0 Å². The molecule has 30 heavy (non-hydrogen) atoms. The molecule has 0 fully saturated rings. The molecule has 1 heterocycles. The van der Waals surface area contributed by atoms with Gasteiger partial charge in [-0.15, -0.1) is 0 Å². The molecule has 0 saturated carbocycles. The normalized spacial score (nSPS) is 10.6. The summed E-state index contributed by atoms with van der Waals surface area (Å²) in [6, 6.07) is 6.26. The van der Waals surface area contributed by atoms with Gasteiger partial charge in [-0.25, -0.2) is 10.4 Å². The number of rotatable bonds is 8. The van der Waals surface area contributed by atoms with Crippen molar-refractivity contribution in [1.82, 2.24) is 10.4 Å². The number of pyridine rings is 1. The number of hydrogen-bond acceptors (Lipinski definition) is 9. The van der Waals surface area contributed by atoms with Crippen LogP contribution in [-0.4, -0.2) is 40.9 Å². The third-order valence-electron chi connectivity index (χ3n) is 3.61. The highest BCUT2D eigenvalue weighted by atomic mass is 127. The molecule has 11 nitrogen and oxygen atoms in total. The van der Waals surface area contributed by atoms with E-state index >= 15 is 0 Å². The van der Waals surface area contributed by atoms with Gasteiger partial charge in [0.1, 0.15) is 11.6 Å². The van der Waals surface area contributed by atoms with E-state index < -0.39 is 28.9 Å². The largest absolute Gasteiger partial charge is 0.501 e. The first-order valence-corrected chi connectivity index (χ1v) is 9.35. The zero-order valence-electron chi connectivity index (χ0n) is 15.9. The van der Waals surface area contributed by atoms with Crippen molar-refractivity contribution >= 4 is 40.4 Å². The van der Waals surface area contributed by atoms with Crippen LogP contribution in [0.15, 0.2) is 23.3 Å². The fraction of sp³-hybridized carbons (Fsp3) is 0.222. The number of benzene rings is 1. The Morgan fingerprint density at radius 1 is 1.50 bits per heavy atom. The summed E-state index contributed by atoms with van der Waals surface area (Å²) in [4.78, 5) is 26.3. The zero-order valence-corrected chi connectivity index (χ0v) is 18.0. The third kappa shape index (κ3) is 5.84.